The third-order valence-electron chi connectivity index (χ3n) is 3.60. The van der Waals surface area contributed by atoms with Crippen molar-refractivity contribution < 1.29 is 9.18 Å². The number of halogens is 1. The van der Waals surface area contributed by atoms with E-state index in [2.05, 4.69) is 22.4 Å². The second kappa shape index (κ2) is 7.17. The van der Waals surface area contributed by atoms with Crippen LogP contribution in [0.4, 0.5) is 9.18 Å². The predicted molar refractivity (Wildman–Crippen MR) is 80.4 cm³/mol. The number of piperidine rings is 1. The van der Waals surface area contributed by atoms with Gasteiger partial charge in [-0.3, -0.25) is 4.90 Å². The predicted octanol–water partition coefficient (Wildman–Crippen LogP) is 2.06. The molecule has 1 atom stereocenters. The van der Waals surface area contributed by atoms with E-state index in [9.17, 15) is 9.18 Å². The van der Waals surface area contributed by atoms with Crippen LogP contribution in [-0.4, -0.2) is 30.2 Å². The highest BCUT2D eigenvalue weighted by Gasteiger charge is 2.17. The van der Waals surface area contributed by atoms with Gasteiger partial charge in [-0.05, 0) is 36.9 Å². The van der Waals surface area contributed by atoms with Crippen molar-refractivity contribution in [1.82, 2.24) is 10.3 Å². The van der Waals surface area contributed by atoms with E-state index >= 15 is 0 Å². The number of benzene rings is 1. The summed E-state index contributed by atoms with van der Waals surface area (Å²) in [6.45, 7) is 4.90. The summed E-state index contributed by atoms with van der Waals surface area (Å²) < 4.78 is 14.1. The van der Waals surface area contributed by atoms with E-state index in [0.717, 1.165) is 13.1 Å². The first-order valence-electron chi connectivity index (χ1n) is 7.14. The second-order valence-corrected chi connectivity index (χ2v) is 5.57. The number of hydrogen-bond acceptors (Lipinski definition) is 3. The molecule has 0 saturated carbocycles. The molecule has 5 nitrogen and oxygen atoms in total. The molecule has 0 spiro atoms. The number of nitrogens with zero attached hydrogens (tertiary/aromatic N) is 2. The Labute approximate surface area is 124 Å². The van der Waals surface area contributed by atoms with Crippen LogP contribution in [0.3, 0.4) is 0 Å². The van der Waals surface area contributed by atoms with Crippen molar-refractivity contribution in [3.8, 4) is 0 Å². The lowest BCUT2D eigenvalue weighted by molar-refractivity contribution is 0.175. The number of amides is 2. The standard InChI is InChI=1S/C15H21FN4O/c1-11-3-2-6-20(9-11)10-13-5-4-12(7-14(13)16)8-18-19-15(17)21/h4-5,7-8,11H,2-3,6,9-10H2,1H3,(H3,17,19,21). The Kier molecular flexibility index (Phi) is 5.27. The van der Waals surface area contributed by atoms with Gasteiger partial charge < -0.3 is 5.73 Å². The summed E-state index contributed by atoms with van der Waals surface area (Å²) in [5.41, 5.74) is 8.22. The highest BCUT2D eigenvalue weighted by Crippen LogP contribution is 2.19. The Morgan fingerprint density at radius 2 is 2.43 bits per heavy atom. The molecule has 1 aliphatic rings. The topological polar surface area (TPSA) is 70.7 Å². The minimum Gasteiger partial charge on any atom is -0.350 e. The fraction of sp³-hybridized carbons (Fsp3) is 0.467. The van der Waals surface area contributed by atoms with Crippen LogP contribution in [0, 0.1) is 11.7 Å². The van der Waals surface area contributed by atoms with Crippen LogP contribution in [0.15, 0.2) is 23.3 Å². The number of hydrogen-bond donors (Lipinski definition) is 2. The summed E-state index contributed by atoms with van der Waals surface area (Å²) in [7, 11) is 0. The number of carbonyl (C=O) groups excluding carboxylic acids is 1. The molecule has 1 unspecified atom stereocenters. The third-order valence-corrected chi connectivity index (χ3v) is 3.60. The zero-order valence-corrected chi connectivity index (χ0v) is 12.2. The maximum atomic E-state index is 14.1. The molecule has 21 heavy (non-hydrogen) atoms. The summed E-state index contributed by atoms with van der Waals surface area (Å²) in [5, 5.41) is 3.61. The molecule has 0 aromatic heterocycles. The van der Waals surface area contributed by atoms with Crippen molar-refractivity contribution >= 4 is 12.2 Å². The summed E-state index contributed by atoms with van der Waals surface area (Å²) >= 11 is 0. The van der Waals surface area contributed by atoms with E-state index in [1.54, 1.807) is 12.1 Å². The van der Waals surface area contributed by atoms with E-state index in [0.29, 0.717) is 23.6 Å². The molecule has 0 bridgehead atoms. The first kappa shape index (κ1) is 15.4. The molecule has 3 N–H and O–H groups in total. The minimum absolute atomic E-state index is 0.253. The van der Waals surface area contributed by atoms with E-state index in [1.165, 1.54) is 25.1 Å². The van der Waals surface area contributed by atoms with Crippen LogP contribution in [0.25, 0.3) is 0 Å². The highest BCUT2D eigenvalue weighted by molar-refractivity contribution is 5.81. The molecule has 114 valence electrons. The van der Waals surface area contributed by atoms with E-state index in [-0.39, 0.29) is 5.82 Å². The molecule has 6 heteroatoms. The number of hydrazone groups is 1. The van der Waals surface area contributed by atoms with Gasteiger partial charge in [0.1, 0.15) is 5.82 Å². The summed E-state index contributed by atoms with van der Waals surface area (Å²) in [4.78, 5) is 12.8. The lowest BCUT2D eigenvalue weighted by atomic mass is 9.99. The van der Waals surface area contributed by atoms with Gasteiger partial charge in [0.15, 0.2) is 0 Å². The van der Waals surface area contributed by atoms with Gasteiger partial charge in [0, 0.05) is 18.7 Å². The summed E-state index contributed by atoms with van der Waals surface area (Å²) in [6.07, 6.45) is 3.79. The van der Waals surface area contributed by atoms with Gasteiger partial charge in [-0.15, -0.1) is 0 Å². The number of nitrogens with one attached hydrogen (secondary N) is 1. The number of likely N-dealkylation sites (tertiary alicyclic amines) is 1. The molecular formula is C15H21FN4O. The molecule has 1 heterocycles. The largest absolute Gasteiger partial charge is 0.350 e. The smallest absolute Gasteiger partial charge is 0.332 e. The Hall–Kier alpha value is -1.95. The van der Waals surface area contributed by atoms with E-state index in [4.69, 9.17) is 5.73 Å². The van der Waals surface area contributed by atoms with Gasteiger partial charge in [-0.2, -0.15) is 5.10 Å². The van der Waals surface area contributed by atoms with Crippen molar-refractivity contribution in [1.29, 1.82) is 0 Å². The number of rotatable bonds is 4. The van der Waals surface area contributed by atoms with Crippen molar-refractivity contribution in [2.24, 2.45) is 16.8 Å². The number of carbonyl (C=O) groups is 1. The molecule has 1 saturated heterocycles. The molecular weight excluding hydrogens is 271 g/mol. The van der Waals surface area contributed by atoms with Crippen LogP contribution >= 0.6 is 0 Å². The van der Waals surface area contributed by atoms with Gasteiger partial charge in [0.2, 0.25) is 0 Å². The van der Waals surface area contributed by atoms with Gasteiger partial charge in [0.05, 0.1) is 6.21 Å². The Bertz CT molecular complexity index is 532. The number of urea groups is 1. The molecule has 2 rings (SSSR count). The monoisotopic (exact) mass is 292 g/mol. The molecule has 1 aromatic rings. The van der Waals surface area contributed by atoms with Crippen LogP contribution in [-0.2, 0) is 6.54 Å². The lowest BCUT2D eigenvalue weighted by Crippen LogP contribution is -2.33. The first-order chi connectivity index (χ1) is 10.0. The SMILES string of the molecule is CC1CCCN(Cc2ccc(C=NNC(N)=O)cc2F)C1. The highest BCUT2D eigenvalue weighted by atomic mass is 19.1. The fourth-order valence-electron chi connectivity index (χ4n) is 2.61. The van der Waals surface area contributed by atoms with Gasteiger partial charge in [-0.25, -0.2) is 14.6 Å². The first-order valence-corrected chi connectivity index (χ1v) is 7.14. The van der Waals surface area contributed by atoms with E-state index < -0.39 is 6.03 Å². The minimum atomic E-state index is -0.748. The Morgan fingerprint density at radius 3 is 3.10 bits per heavy atom. The lowest BCUT2D eigenvalue weighted by Gasteiger charge is -2.30. The maximum Gasteiger partial charge on any atom is 0.332 e. The van der Waals surface area contributed by atoms with E-state index in [1.807, 2.05) is 0 Å². The van der Waals surface area contributed by atoms with Crippen molar-refractivity contribution in [2.45, 2.75) is 26.3 Å². The summed E-state index contributed by atoms with van der Waals surface area (Å²) in [6, 6.07) is 4.20. The Balaban J connectivity index is 1.98. The van der Waals surface area contributed by atoms with Gasteiger partial charge in [0.25, 0.3) is 0 Å². The van der Waals surface area contributed by atoms with Gasteiger partial charge in [-0.1, -0.05) is 19.1 Å². The average Bonchev–Trinajstić information content (AvgIpc) is 2.41. The van der Waals surface area contributed by atoms with Crippen LogP contribution < -0.4 is 11.2 Å². The van der Waals surface area contributed by atoms with Crippen molar-refractivity contribution in [2.75, 3.05) is 13.1 Å². The molecule has 2 amide bonds. The molecule has 1 aromatic carbocycles. The maximum absolute atomic E-state index is 14.1. The fourth-order valence-corrected chi connectivity index (χ4v) is 2.61. The molecule has 0 aliphatic carbocycles. The van der Waals surface area contributed by atoms with Crippen molar-refractivity contribution in [3.63, 3.8) is 0 Å². The Morgan fingerprint density at radius 1 is 1.62 bits per heavy atom. The quantitative estimate of drug-likeness (QED) is 0.658. The van der Waals surface area contributed by atoms with Crippen LogP contribution in [0.1, 0.15) is 30.9 Å². The van der Waals surface area contributed by atoms with Crippen LogP contribution in [0.5, 0.6) is 0 Å². The number of primary amides is 1. The number of nitrogens with two attached hydrogens (primary N) is 1. The molecule has 1 aliphatic heterocycles. The normalized spacial score (nSPS) is 19.8. The third kappa shape index (κ3) is 4.82. The van der Waals surface area contributed by atoms with Crippen molar-refractivity contribution in [3.05, 3.63) is 35.1 Å². The van der Waals surface area contributed by atoms with Gasteiger partial charge >= 0.3 is 6.03 Å². The average molecular weight is 292 g/mol. The zero-order chi connectivity index (χ0) is 15.2. The molecule has 1 fully saturated rings. The zero-order valence-electron chi connectivity index (χ0n) is 12.2. The summed E-state index contributed by atoms with van der Waals surface area (Å²) in [5.74, 6) is 0.421. The van der Waals surface area contributed by atoms with Crippen LogP contribution in [0.2, 0.25) is 0 Å². The molecule has 0 radical (unpaired) electrons. The second-order valence-electron chi connectivity index (χ2n) is 5.57.